The molecule has 28 heavy (non-hydrogen) atoms. The van der Waals surface area contributed by atoms with Crippen molar-refractivity contribution in [2.75, 3.05) is 13.6 Å². The molecule has 1 heterocycles. The third kappa shape index (κ3) is 8.08. The minimum atomic E-state index is 0. The Morgan fingerprint density at radius 3 is 2.68 bits per heavy atom. The van der Waals surface area contributed by atoms with E-state index in [4.69, 9.17) is 4.74 Å². The summed E-state index contributed by atoms with van der Waals surface area (Å²) in [5, 5.41) is 11.0. The maximum atomic E-state index is 6.08. The molecule has 2 aromatic rings. The number of aromatic nitrogens is 2. The van der Waals surface area contributed by atoms with Crippen LogP contribution in [0.4, 0.5) is 0 Å². The fourth-order valence-electron chi connectivity index (χ4n) is 2.65. The molecule has 0 spiro atoms. The van der Waals surface area contributed by atoms with Crippen LogP contribution in [0.5, 0.6) is 5.75 Å². The number of nitrogens with zero attached hydrogens (tertiary/aromatic N) is 3. The van der Waals surface area contributed by atoms with Gasteiger partial charge in [-0.05, 0) is 50.8 Å². The van der Waals surface area contributed by atoms with Gasteiger partial charge in [-0.25, -0.2) is 0 Å². The van der Waals surface area contributed by atoms with E-state index in [9.17, 15) is 0 Å². The fraction of sp³-hybridized carbons (Fsp3) is 0.524. The summed E-state index contributed by atoms with van der Waals surface area (Å²) in [4.78, 5) is 4.31. The zero-order valence-corrected chi connectivity index (χ0v) is 20.0. The Morgan fingerprint density at radius 2 is 2.04 bits per heavy atom. The van der Waals surface area contributed by atoms with Gasteiger partial charge in [0.15, 0.2) is 5.96 Å². The van der Waals surface area contributed by atoms with Gasteiger partial charge in [-0.1, -0.05) is 19.1 Å². The van der Waals surface area contributed by atoms with Crippen LogP contribution in [0.15, 0.2) is 35.6 Å². The molecule has 1 unspecified atom stereocenters. The molecule has 0 aliphatic rings. The number of halogens is 1. The van der Waals surface area contributed by atoms with E-state index in [1.807, 2.05) is 10.9 Å². The summed E-state index contributed by atoms with van der Waals surface area (Å²) in [7, 11) is 1.79. The standard InChI is InChI=1S/C21H33N5O.HI/c1-6-18(4)27-20-12-16(2)8-9-19(20)14-24-21(22-5)23-10-7-11-26-15-17(3)13-25-26;/h8-9,12-13,15,18H,6-7,10-11,14H2,1-5H3,(H2,22,23,24);1H. The van der Waals surface area contributed by atoms with Gasteiger partial charge in [0, 0.05) is 38.4 Å². The second kappa shape index (κ2) is 12.6. The highest BCUT2D eigenvalue weighted by Gasteiger charge is 2.08. The van der Waals surface area contributed by atoms with Crippen LogP contribution in [0.3, 0.4) is 0 Å². The molecule has 0 amide bonds. The van der Waals surface area contributed by atoms with Crippen molar-refractivity contribution in [1.82, 2.24) is 20.4 Å². The van der Waals surface area contributed by atoms with Crippen LogP contribution in [0.1, 0.15) is 43.4 Å². The predicted molar refractivity (Wildman–Crippen MR) is 127 cm³/mol. The topological polar surface area (TPSA) is 63.5 Å². The molecule has 0 saturated carbocycles. The lowest BCUT2D eigenvalue weighted by molar-refractivity contribution is 0.215. The lowest BCUT2D eigenvalue weighted by atomic mass is 10.1. The first-order valence-electron chi connectivity index (χ1n) is 9.71. The van der Waals surface area contributed by atoms with Crippen LogP contribution in [0.2, 0.25) is 0 Å². The van der Waals surface area contributed by atoms with E-state index in [1.54, 1.807) is 7.05 Å². The molecule has 0 saturated heterocycles. The van der Waals surface area contributed by atoms with E-state index in [2.05, 4.69) is 72.8 Å². The summed E-state index contributed by atoms with van der Waals surface area (Å²) < 4.78 is 8.05. The number of aliphatic imine (C=N–C) groups is 1. The van der Waals surface area contributed by atoms with Crippen molar-refractivity contribution in [3.63, 3.8) is 0 Å². The third-order valence-corrected chi connectivity index (χ3v) is 4.41. The summed E-state index contributed by atoms with van der Waals surface area (Å²) in [5.41, 5.74) is 3.53. The van der Waals surface area contributed by atoms with Crippen LogP contribution in [-0.4, -0.2) is 35.4 Å². The van der Waals surface area contributed by atoms with Crippen molar-refractivity contribution in [3.8, 4) is 5.75 Å². The summed E-state index contributed by atoms with van der Waals surface area (Å²) in [5.74, 6) is 1.74. The number of nitrogens with one attached hydrogen (secondary N) is 2. The van der Waals surface area contributed by atoms with Crippen LogP contribution >= 0.6 is 24.0 Å². The minimum absolute atomic E-state index is 0. The van der Waals surface area contributed by atoms with Crippen LogP contribution < -0.4 is 15.4 Å². The Balaban J connectivity index is 0.00000392. The molecular weight excluding hydrogens is 465 g/mol. The molecule has 0 aliphatic carbocycles. The molecule has 1 aromatic carbocycles. The van der Waals surface area contributed by atoms with Crippen molar-refractivity contribution in [2.24, 2.45) is 4.99 Å². The highest BCUT2D eigenvalue weighted by molar-refractivity contribution is 14.0. The van der Waals surface area contributed by atoms with Crippen LogP contribution in [0, 0.1) is 13.8 Å². The van der Waals surface area contributed by atoms with Crippen molar-refractivity contribution < 1.29 is 4.74 Å². The Labute approximate surface area is 186 Å². The monoisotopic (exact) mass is 499 g/mol. The van der Waals surface area contributed by atoms with Gasteiger partial charge < -0.3 is 15.4 Å². The van der Waals surface area contributed by atoms with Gasteiger partial charge >= 0.3 is 0 Å². The molecule has 1 atom stereocenters. The van der Waals surface area contributed by atoms with Crippen LogP contribution in [0.25, 0.3) is 0 Å². The quantitative estimate of drug-likeness (QED) is 0.237. The highest BCUT2D eigenvalue weighted by Crippen LogP contribution is 2.22. The summed E-state index contributed by atoms with van der Waals surface area (Å²) >= 11 is 0. The van der Waals surface area contributed by atoms with Gasteiger partial charge in [-0.3, -0.25) is 9.67 Å². The zero-order chi connectivity index (χ0) is 19.6. The first-order valence-corrected chi connectivity index (χ1v) is 9.71. The predicted octanol–water partition coefficient (Wildman–Crippen LogP) is 4.05. The van der Waals surface area contributed by atoms with Crippen molar-refractivity contribution in [1.29, 1.82) is 0 Å². The Hall–Kier alpha value is -1.77. The fourth-order valence-corrected chi connectivity index (χ4v) is 2.65. The van der Waals surface area contributed by atoms with Crippen molar-refractivity contribution in [3.05, 3.63) is 47.3 Å². The number of benzene rings is 1. The number of hydrogen-bond acceptors (Lipinski definition) is 3. The van der Waals surface area contributed by atoms with Crippen molar-refractivity contribution >= 4 is 29.9 Å². The molecule has 7 heteroatoms. The molecule has 0 fully saturated rings. The van der Waals surface area contributed by atoms with Gasteiger partial charge in [0.1, 0.15) is 5.75 Å². The number of hydrogen-bond donors (Lipinski definition) is 2. The van der Waals surface area contributed by atoms with Gasteiger partial charge in [-0.2, -0.15) is 5.10 Å². The molecular formula is C21H34IN5O. The Bertz CT molecular complexity index is 744. The van der Waals surface area contributed by atoms with Crippen molar-refractivity contribution in [2.45, 2.75) is 59.7 Å². The van der Waals surface area contributed by atoms with Gasteiger partial charge in [0.2, 0.25) is 0 Å². The molecule has 2 N–H and O–H groups in total. The Morgan fingerprint density at radius 1 is 1.25 bits per heavy atom. The second-order valence-corrected chi connectivity index (χ2v) is 6.93. The minimum Gasteiger partial charge on any atom is -0.490 e. The third-order valence-electron chi connectivity index (χ3n) is 4.41. The molecule has 1 aromatic heterocycles. The molecule has 0 bridgehead atoms. The first-order chi connectivity index (χ1) is 13.0. The number of rotatable bonds is 9. The largest absolute Gasteiger partial charge is 0.490 e. The molecule has 0 radical (unpaired) electrons. The van der Waals surface area contributed by atoms with Gasteiger partial charge in [-0.15, -0.1) is 24.0 Å². The smallest absolute Gasteiger partial charge is 0.191 e. The highest BCUT2D eigenvalue weighted by atomic mass is 127. The van der Waals surface area contributed by atoms with Gasteiger partial charge in [0.05, 0.1) is 12.3 Å². The number of guanidine groups is 1. The number of ether oxygens (including phenoxy) is 1. The van der Waals surface area contributed by atoms with E-state index < -0.39 is 0 Å². The summed E-state index contributed by atoms with van der Waals surface area (Å²) in [6, 6.07) is 6.33. The van der Waals surface area contributed by atoms with Gasteiger partial charge in [0.25, 0.3) is 0 Å². The SMILES string of the molecule is CCC(C)Oc1cc(C)ccc1CNC(=NC)NCCCn1cc(C)cn1.I. The van der Waals surface area contributed by atoms with E-state index in [0.717, 1.165) is 43.2 Å². The van der Waals surface area contributed by atoms with E-state index in [0.29, 0.717) is 6.54 Å². The average Bonchev–Trinajstić information content (AvgIpc) is 3.07. The van der Waals surface area contributed by atoms with E-state index in [-0.39, 0.29) is 30.1 Å². The normalized spacial score (nSPS) is 12.2. The average molecular weight is 499 g/mol. The Kier molecular flexibility index (Phi) is 11.0. The molecule has 2 rings (SSSR count). The molecule has 156 valence electrons. The lowest BCUT2D eigenvalue weighted by Crippen LogP contribution is -2.37. The lowest BCUT2D eigenvalue weighted by Gasteiger charge is -2.18. The summed E-state index contributed by atoms with van der Waals surface area (Å²) in [6.07, 6.45) is 6.11. The van der Waals surface area contributed by atoms with Crippen LogP contribution in [-0.2, 0) is 13.1 Å². The second-order valence-electron chi connectivity index (χ2n) is 6.93. The zero-order valence-electron chi connectivity index (χ0n) is 17.7. The molecule has 6 nitrogen and oxygen atoms in total. The first kappa shape index (κ1) is 24.3. The maximum Gasteiger partial charge on any atom is 0.191 e. The summed E-state index contributed by atoms with van der Waals surface area (Å²) in [6.45, 7) is 10.8. The maximum absolute atomic E-state index is 6.08. The molecule has 0 aliphatic heterocycles. The van der Waals surface area contributed by atoms with E-state index in [1.165, 1.54) is 11.1 Å². The number of aryl methyl sites for hydroxylation is 3. The van der Waals surface area contributed by atoms with E-state index >= 15 is 0 Å².